The van der Waals surface area contributed by atoms with Crippen LogP contribution in [0.2, 0.25) is 0 Å². The molecule has 4 rings (SSSR count). The molecule has 0 saturated carbocycles. The van der Waals surface area contributed by atoms with Crippen LogP contribution in [0.4, 0.5) is 0 Å². The number of benzene rings is 1. The Morgan fingerprint density at radius 3 is 2.81 bits per heavy atom. The molecule has 2 aliphatic heterocycles. The van der Waals surface area contributed by atoms with Gasteiger partial charge in [0.25, 0.3) is 0 Å². The standard InChI is InChI=1S/C20H26N4O2/c1-26-19-6-4-16(5-7-19)13-22-14-17-8-10-21-24(17)18(15-22)9-12-23-11-2-3-20(23)25/h4-8,10,18H,2-3,9,11-15H2,1H3/t18-/m0/s1. The summed E-state index contributed by atoms with van der Waals surface area (Å²) in [6, 6.07) is 10.7. The summed E-state index contributed by atoms with van der Waals surface area (Å²) >= 11 is 0. The Morgan fingerprint density at radius 2 is 2.08 bits per heavy atom. The Kier molecular flexibility index (Phi) is 4.93. The van der Waals surface area contributed by atoms with E-state index < -0.39 is 0 Å². The van der Waals surface area contributed by atoms with E-state index in [-0.39, 0.29) is 0 Å². The summed E-state index contributed by atoms with van der Waals surface area (Å²) in [4.78, 5) is 16.4. The number of carbonyl (C=O) groups excluding carboxylic acids is 1. The second-order valence-corrected chi connectivity index (χ2v) is 7.21. The number of ether oxygens (including phenoxy) is 1. The van der Waals surface area contributed by atoms with Crippen molar-refractivity contribution in [3.8, 4) is 5.75 Å². The highest BCUT2D eigenvalue weighted by atomic mass is 16.5. The van der Waals surface area contributed by atoms with Crippen LogP contribution in [-0.4, -0.2) is 52.2 Å². The lowest BCUT2D eigenvalue weighted by Crippen LogP contribution is -2.39. The Morgan fingerprint density at radius 1 is 1.23 bits per heavy atom. The molecular weight excluding hydrogens is 328 g/mol. The van der Waals surface area contributed by atoms with Gasteiger partial charge in [0.2, 0.25) is 5.91 Å². The summed E-state index contributed by atoms with van der Waals surface area (Å²) in [5.74, 6) is 1.19. The van der Waals surface area contributed by atoms with Crippen molar-refractivity contribution in [3.63, 3.8) is 0 Å². The molecule has 2 aliphatic rings. The summed E-state index contributed by atoms with van der Waals surface area (Å²) in [6.07, 6.45) is 4.56. The molecule has 1 atom stereocenters. The molecule has 1 saturated heterocycles. The molecule has 1 aromatic carbocycles. The molecule has 1 aromatic heterocycles. The zero-order chi connectivity index (χ0) is 17.9. The van der Waals surface area contributed by atoms with E-state index in [1.54, 1.807) is 7.11 Å². The first-order chi connectivity index (χ1) is 12.7. The van der Waals surface area contributed by atoms with Gasteiger partial charge in [-0.05, 0) is 36.6 Å². The lowest BCUT2D eigenvalue weighted by Gasteiger charge is -2.34. The fraction of sp³-hybridized carbons (Fsp3) is 0.500. The van der Waals surface area contributed by atoms with Gasteiger partial charge in [-0.2, -0.15) is 5.10 Å². The quantitative estimate of drug-likeness (QED) is 0.800. The van der Waals surface area contributed by atoms with Crippen molar-refractivity contribution in [1.82, 2.24) is 19.6 Å². The number of hydrogen-bond donors (Lipinski definition) is 0. The van der Waals surface area contributed by atoms with Crippen molar-refractivity contribution in [2.24, 2.45) is 0 Å². The number of fused-ring (bicyclic) bond motifs is 1. The van der Waals surface area contributed by atoms with E-state index in [1.165, 1.54) is 11.3 Å². The molecule has 26 heavy (non-hydrogen) atoms. The zero-order valence-electron chi connectivity index (χ0n) is 15.3. The highest BCUT2D eigenvalue weighted by molar-refractivity contribution is 5.78. The van der Waals surface area contributed by atoms with Crippen LogP contribution in [0.5, 0.6) is 5.75 Å². The van der Waals surface area contributed by atoms with E-state index in [4.69, 9.17) is 4.74 Å². The van der Waals surface area contributed by atoms with E-state index in [1.807, 2.05) is 23.2 Å². The smallest absolute Gasteiger partial charge is 0.222 e. The van der Waals surface area contributed by atoms with Gasteiger partial charge in [-0.25, -0.2) is 0 Å². The van der Waals surface area contributed by atoms with Crippen LogP contribution < -0.4 is 4.74 Å². The molecule has 6 heteroatoms. The summed E-state index contributed by atoms with van der Waals surface area (Å²) in [6.45, 7) is 4.52. The molecule has 1 fully saturated rings. The van der Waals surface area contributed by atoms with Gasteiger partial charge in [-0.3, -0.25) is 14.4 Å². The lowest BCUT2D eigenvalue weighted by atomic mass is 10.1. The van der Waals surface area contributed by atoms with Gasteiger partial charge in [0.1, 0.15) is 5.75 Å². The number of carbonyl (C=O) groups is 1. The molecular formula is C20H26N4O2. The van der Waals surface area contributed by atoms with Crippen LogP contribution in [0, 0.1) is 0 Å². The van der Waals surface area contributed by atoms with Crippen LogP contribution in [0.1, 0.15) is 36.6 Å². The molecule has 0 bridgehead atoms. The van der Waals surface area contributed by atoms with Crippen molar-refractivity contribution in [3.05, 3.63) is 47.8 Å². The minimum atomic E-state index is 0.302. The first-order valence-corrected chi connectivity index (χ1v) is 9.38. The van der Waals surface area contributed by atoms with Crippen molar-refractivity contribution in [1.29, 1.82) is 0 Å². The maximum Gasteiger partial charge on any atom is 0.222 e. The molecule has 0 spiro atoms. The number of likely N-dealkylation sites (tertiary alicyclic amines) is 1. The summed E-state index contributed by atoms with van der Waals surface area (Å²) in [5.41, 5.74) is 2.54. The molecule has 6 nitrogen and oxygen atoms in total. The van der Waals surface area contributed by atoms with Gasteiger partial charge < -0.3 is 9.64 Å². The van der Waals surface area contributed by atoms with Gasteiger partial charge in [0.05, 0.1) is 18.8 Å². The maximum absolute atomic E-state index is 11.9. The van der Waals surface area contributed by atoms with Crippen LogP contribution >= 0.6 is 0 Å². The van der Waals surface area contributed by atoms with E-state index in [2.05, 4.69) is 32.9 Å². The van der Waals surface area contributed by atoms with E-state index in [0.717, 1.165) is 51.3 Å². The maximum atomic E-state index is 11.9. The molecule has 3 heterocycles. The Bertz CT molecular complexity index is 755. The van der Waals surface area contributed by atoms with E-state index >= 15 is 0 Å². The highest BCUT2D eigenvalue weighted by Gasteiger charge is 2.27. The zero-order valence-corrected chi connectivity index (χ0v) is 15.3. The molecule has 1 amide bonds. The lowest BCUT2D eigenvalue weighted by molar-refractivity contribution is -0.127. The molecule has 0 radical (unpaired) electrons. The summed E-state index contributed by atoms with van der Waals surface area (Å²) in [7, 11) is 1.69. The minimum Gasteiger partial charge on any atom is -0.497 e. The number of aromatic nitrogens is 2. The van der Waals surface area contributed by atoms with Gasteiger partial charge in [0, 0.05) is 45.3 Å². The normalized spacial score (nSPS) is 20.4. The molecule has 0 unspecified atom stereocenters. The average Bonchev–Trinajstić information content (AvgIpc) is 3.29. The highest BCUT2D eigenvalue weighted by Crippen LogP contribution is 2.25. The molecule has 2 aromatic rings. The Hall–Kier alpha value is -2.34. The summed E-state index contributed by atoms with van der Waals surface area (Å²) < 4.78 is 7.40. The van der Waals surface area contributed by atoms with E-state index in [9.17, 15) is 4.79 Å². The van der Waals surface area contributed by atoms with Crippen LogP contribution in [0.25, 0.3) is 0 Å². The third kappa shape index (κ3) is 3.60. The second kappa shape index (κ2) is 7.50. The number of amides is 1. The van der Waals surface area contributed by atoms with Crippen molar-refractivity contribution < 1.29 is 9.53 Å². The van der Waals surface area contributed by atoms with E-state index in [0.29, 0.717) is 18.4 Å². The SMILES string of the molecule is COc1ccc(CN2Cc3ccnn3[C@@H](CCN3CCCC3=O)C2)cc1. The largest absolute Gasteiger partial charge is 0.497 e. The molecule has 0 aliphatic carbocycles. The first kappa shape index (κ1) is 17.1. The third-order valence-electron chi connectivity index (χ3n) is 5.42. The van der Waals surface area contributed by atoms with Gasteiger partial charge in [0.15, 0.2) is 0 Å². The predicted octanol–water partition coefficient (Wildman–Crippen LogP) is 2.46. The monoisotopic (exact) mass is 354 g/mol. The fourth-order valence-electron chi connectivity index (χ4n) is 4.03. The van der Waals surface area contributed by atoms with Crippen molar-refractivity contribution >= 4 is 5.91 Å². The van der Waals surface area contributed by atoms with Crippen molar-refractivity contribution in [2.45, 2.75) is 38.4 Å². The average molecular weight is 354 g/mol. The van der Waals surface area contributed by atoms with Crippen LogP contribution in [0.3, 0.4) is 0 Å². The van der Waals surface area contributed by atoms with Crippen LogP contribution in [0.15, 0.2) is 36.5 Å². The predicted molar refractivity (Wildman–Crippen MR) is 98.8 cm³/mol. The summed E-state index contributed by atoms with van der Waals surface area (Å²) in [5, 5.41) is 4.54. The third-order valence-corrected chi connectivity index (χ3v) is 5.42. The first-order valence-electron chi connectivity index (χ1n) is 9.38. The number of nitrogens with zero attached hydrogens (tertiary/aromatic N) is 4. The Balaban J connectivity index is 1.42. The minimum absolute atomic E-state index is 0.302. The van der Waals surface area contributed by atoms with Gasteiger partial charge >= 0.3 is 0 Å². The number of hydrogen-bond acceptors (Lipinski definition) is 4. The second-order valence-electron chi connectivity index (χ2n) is 7.21. The van der Waals surface area contributed by atoms with Gasteiger partial charge in [-0.1, -0.05) is 12.1 Å². The molecule has 138 valence electrons. The number of rotatable bonds is 6. The van der Waals surface area contributed by atoms with Crippen LogP contribution in [-0.2, 0) is 17.9 Å². The molecule has 0 N–H and O–H groups in total. The number of methoxy groups -OCH3 is 1. The fourth-order valence-corrected chi connectivity index (χ4v) is 4.03. The van der Waals surface area contributed by atoms with Gasteiger partial charge in [-0.15, -0.1) is 0 Å². The van der Waals surface area contributed by atoms with Crippen molar-refractivity contribution in [2.75, 3.05) is 26.7 Å². The topological polar surface area (TPSA) is 50.6 Å². The Labute approximate surface area is 154 Å².